The Morgan fingerprint density at radius 3 is 2.55 bits per heavy atom. The summed E-state index contributed by atoms with van der Waals surface area (Å²) in [7, 11) is 0. The smallest absolute Gasteiger partial charge is 0.352 e. The topological polar surface area (TPSA) is 79.5 Å². The van der Waals surface area contributed by atoms with Gasteiger partial charge in [-0.1, -0.05) is 23.7 Å². The zero-order valence-corrected chi connectivity index (χ0v) is 10.9. The van der Waals surface area contributed by atoms with E-state index in [2.05, 4.69) is 5.32 Å². The molecular weight excluding hydrogens is 282 g/mol. The molecule has 1 aromatic heterocycles. The van der Waals surface area contributed by atoms with E-state index in [1.54, 1.807) is 30.3 Å². The Labute approximate surface area is 119 Å². The molecule has 2 N–H and O–H groups in total. The van der Waals surface area contributed by atoms with Gasteiger partial charge in [0.25, 0.3) is 5.91 Å². The summed E-state index contributed by atoms with van der Waals surface area (Å²) in [4.78, 5) is 23.1. The lowest BCUT2D eigenvalue weighted by atomic mass is 10.2. The van der Waals surface area contributed by atoms with E-state index in [1.165, 1.54) is 18.4 Å². The SMILES string of the molecule is O=C(O)/C(=C/c1ccco1)NC(=O)c1ccccc1Cl. The lowest BCUT2D eigenvalue weighted by molar-refractivity contribution is -0.132. The molecule has 2 rings (SSSR count). The minimum atomic E-state index is -1.28. The summed E-state index contributed by atoms with van der Waals surface area (Å²) in [6.45, 7) is 0. The van der Waals surface area contributed by atoms with Gasteiger partial charge in [-0.15, -0.1) is 0 Å². The quantitative estimate of drug-likeness (QED) is 0.849. The van der Waals surface area contributed by atoms with Gasteiger partial charge < -0.3 is 14.8 Å². The lowest BCUT2D eigenvalue weighted by Crippen LogP contribution is -2.27. The van der Waals surface area contributed by atoms with E-state index in [-0.39, 0.29) is 16.3 Å². The number of halogens is 1. The number of furan rings is 1. The normalized spacial score (nSPS) is 11.2. The number of amides is 1. The van der Waals surface area contributed by atoms with Crippen LogP contribution in [0.1, 0.15) is 16.1 Å². The molecule has 0 aliphatic rings. The van der Waals surface area contributed by atoms with Crippen LogP contribution < -0.4 is 5.32 Å². The van der Waals surface area contributed by atoms with E-state index in [4.69, 9.17) is 21.1 Å². The first kappa shape index (κ1) is 13.9. The molecule has 1 heterocycles. The van der Waals surface area contributed by atoms with Crippen molar-refractivity contribution in [2.45, 2.75) is 0 Å². The molecule has 0 atom stereocenters. The first-order valence-corrected chi connectivity index (χ1v) is 6.00. The fourth-order valence-electron chi connectivity index (χ4n) is 1.50. The van der Waals surface area contributed by atoms with Gasteiger partial charge in [0.05, 0.1) is 16.8 Å². The van der Waals surface area contributed by atoms with Crippen molar-refractivity contribution in [3.8, 4) is 0 Å². The van der Waals surface area contributed by atoms with Crippen LogP contribution in [-0.4, -0.2) is 17.0 Å². The standard InChI is InChI=1S/C14H10ClNO4/c15-11-6-2-1-5-10(11)13(17)16-12(14(18)19)8-9-4-3-7-20-9/h1-8H,(H,16,17)(H,18,19)/b12-8-. The van der Waals surface area contributed by atoms with E-state index in [0.717, 1.165) is 0 Å². The number of carbonyl (C=O) groups excluding carboxylic acids is 1. The zero-order valence-electron chi connectivity index (χ0n) is 10.2. The Balaban J connectivity index is 2.24. The van der Waals surface area contributed by atoms with Crippen LogP contribution in [0.2, 0.25) is 5.02 Å². The summed E-state index contributed by atoms with van der Waals surface area (Å²) >= 11 is 5.88. The van der Waals surface area contributed by atoms with E-state index >= 15 is 0 Å². The highest BCUT2D eigenvalue weighted by atomic mass is 35.5. The summed E-state index contributed by atoms with van der Waals surface area (Å²) in [5, 5.41) is 11.6. The second-order valence-corrected chi connectivity index (χ2v) is 4.22. The van der Waals surface area contributed by atoms with Crippen molar-refractivity contribution in [3.63, 3.8) is 0 Å². The molecule has 0 fully saturated rings. The molecular formula is C14H10ClNO4. The van der Waals surface area contributed by atoms with Crippen molar-refractivity contribution in [1.29, 1.82) is 0 Å². The number of hydrogen-bond donors (Lipinski definition) is 2. The largest absolute Gasteiger partial charge is 0.477 e. The van der Waals surface area contributed by atoms with Gasteiger partial charge in [0, 0.05) is 6.08 Å². The number of aliphatic carboxylic acids is 1. The van der Waals surface area contributed by atoms with Crippen LogP contribution in [0.25, 0.3) is 6.08 Å². The predicted molar refractivity (Wildman–Crippen MR) is 73.2 cm³/mol. The minimum absolute atomic E-state index is 0.195. The van der Waals surface area contributed by atoms with Gasteiger partial charge in [-0.3, -0.25) is 4.79 Å². The van der Waals surface area contributed by atoms with Gasteiger partial charge in [0.2, 0.25) is 0 Å². The van der Waals surface area contributed by atoms with Crippen molar-refractivity contribution >= 4 is 29.6 Å². The third-order valence-electron chi connectivity index (χ3n) is 2.43. The maximum Gasteiger partial charge on any atom is 0.352 e. The highest BCUT2D eigenvalue weighted by Crippen LogP contribution is 2.15. The molecule has 0 saturated heterocycles. The van der Waals surface area contributed by atoms with Gasteiger partial charge in [-0.05, 0) is 24.3 Å². The summed E-state index contributed by atoms with van der Waals surface area (Å²) in [5.41, 5.74) is -0.106. The average Bonchev–Trinajstić information content (AvgIpc) is 2.91. The summed E-state index contributed by atoms with van der Waals surface area (Å²) < 4.78 is 5.01. The second kappa shape index (κ2) is 6.08. The van der Waals surface area contributed by atoms with E-state index < -0.39 is 11.9 Å². The Morgan fingerprint density at radius 1 is 1.20 bits per heavy atom. The Morgan fingerprint density at radius 2 is 1.95 bits per heavy atom. The maximum absolute atomic E-state index is 12.0. The van der Waals surface area contributed by atoms with Crippen molar-refractivity contribution in [2.24, 2.45) is 0 Å². The van der Waals surface area contributed by atoms with Gasteiger partial charge in [-0.2, -0.15) is 0 Å². The van der Waals surface area contributed by atoms with Crippen LogP contribution in [0, 0.1) is 0 Å². The molecule has 6 heteroatoms. The zero-order chi connectivity index (χ0) is 14.5. The third kappa shape index (κ3) is 3.27. The van der Waals surface area contributed by atoms with Gasteiger partial charge in [0.1, 0.15) is 11.5 Å². The molecule has 1 aromatic carbocycles. The Bertz CT molecular complexity index is 662. The average molecular weight is 292 g/mol. The van der Waals surface area contributed by atoms with Crippen molar-refractivity contribution in [1.82, 2.24) is 5.32 Å². The fraction of sp³-hybridized carbons (Fsp3) is 0. The van der Waals surface area contributed by atoms with Crippen molar-refractivity contribution in [2.75, 3.05) is 0 Å². The van der Waals surface area contributed by atoms with Gasteiger partial charge >= 0.3 is 5.97 Å². The molecule has 0 spiro atoms. The molecule has 0 aliphatic carbocycles. The van der Waals surface area contributed by atoms with Crippen LogP contribution in [0.5, 0.6) is 0 Å². The van der Waals surface area contributed by atoms with Crippen LogP contribution >= 0.6 is 11.6 Å². The highest BCUT2D eigenvalue weighted by Gasteiger charge is 2.15. The van der Waals surface area contributed by atoms with Crippen LogP contribution in [0.3, 0.4) is 0 Å². The fourth-order valence-corrected chi connectivity index (χ4v) is 1.72. The summed E-state index contributed by atoms with van der Waals surface area (Å²) in [6.07, 6.45) is 2.62. The van der Waals surface area contributed by atoms with E-state index in [0.29, 0.717) is 5.76 Å². The number of nitrogens with one attached hydrogen (secondary N) is 1. The summed E-state index contributed by atoms with van der Waals surface area (Å²) in [6, 6.07) is 9.55. The Hall–Kier alpha value is -2.53. The van der Waals surface area contributed by atoms with E-state index in [9.17, 15) is 9.59 Å². The van der Waals surface area contributed by atoms with Crippen LogP contribution in [0.15, 0.2) is 52.8 Å². The van der Waals surface area contributed by atoms with Crippen molar-refractivity contribution in [3.05, 3.63) is 64.7 Å². The predicted octanol–water partition coefficient (Wildman–Crippen LogP) is 2.79. The third-order valence-corrected chi connectivity index (χ3v) is 2.76. The van der Waals surface area contributed by atoms with Crippen LogP contribution in [0.4, 0.5) is 0 Å². The molecule has 0 unspecified atom stereocenters. The van der Waals surface area contributed by atoms with E-state index in [1.807, 2.05) is 0 Å². The molecule has 1 amide bonds. The molecule has 0 bridgehead atoms. The molecule has 102 valence electrons. The molecule has 0 aliphatic heterocycles. The number of carboxylic acid groups (broad SMARTS) is 1. The first-order chi connectivity index (χ1) is 9.58. The second-order valence-electron chi connectivity index (χ2n) is 3.81. The molecule has 5 nitrogen and oxygen atoms in total. The number of benzene rings is 1. The van der Waals surface area contributed by atoms with Gasteiger partial charge in [0.15, 0.2) is 0 Å². The first-order valence-electron chi connectivity index (χ1n) is 5.62. The maximum atomic E-state index is 12.0. The highest BCUT2D eigenvalue weighted by molar-refractivity contribution is 6.34. The van der Waals surface area contributed by atoms with Crippen LogP contribution in [-0.2, 0) is 4.79 Å². The van der Waals surface area contributed by atoms with Gasteiger partial charge in [-0.25, -0.2) is 4.79 Å². The summed E-state index contributed by atoms with van der Waals surface area (Å²) in [5.74, 6) is -1.56. The number of rotatable bonds is 4. The molecule has 2 aromatic rings. The van der Waals surface area contributed by atoms with Crippen molar-refractivity contribution < 1.29 is 19.1 Å². The Kier molecular flexibility index (Phi) is 4.22. The number of carbonyl (C=O) groups is 2. The minimum Gasteiger partial charge on any atom is -0.477 e. The lowest BCUT2D eigenvalue weighted by Gasteiger charge is -2.06. The number of carboxylic acids is 1. The molecule has 0 radical (unpaired) electrons. The molecule has 0 saturated carbocycles. The monoisotopic (exact) mass is 291 g/mol. The molecule has 20 heavy (non-hydrogen) atoms. The number of hydrogen-bond acceptors (Lipinski definition) is 3.